The van der Waals surface area contributed by atoms with Crippen LogP contribution in [0.25, 0.3) is 11.4 Å². The Morgan fingerprint density at radius 2 is 1.89 bits per heavy atom. The van der Waals surface area contributed by atoms with Gasteiger partial charge in [-0.15, -0.1) is 0 Å². The van der Waals surface area contributed by atoms with Crippen molar-refractivity contribution in [1.82, 2.24) is 19.9 Å². The molecule has 2 N–H and O–H groups in total. The number of nitrogens with zero attached hydrogens (tertiary/aromatic N) is 5. The van der Waals surface area contributed by atoms with Crippen molar-refractivity contribution in [3.8, 4) is 11.4 Å². The Morgan fingerprint density at radius 3 is 2.53 bits per heavy atom. The Labute approximate surface area is 112 Å². The van der Waals surface area contributed by atoms with Crippen LogP contribution in [0.15, 0.2) is 18.5 Å². The van der Waals surface area contributed by atoms with Crippen molar-refractivity contribution in [2.45, 2.75) is 20.8 Å². The number of nitrogen functional groups attached to an aromatic ring is 1. The topological polar surface area (TPSA) is 80.8 Å². The number of hydrogen-bond donors (Lipinski definition) is 1. The summed E-state index contributed by atoms with van der Waals surface area (Å²) in [5.41, 5.74) is 7.73. The van der Waals surface area contributed by atoms with Gasteiger partial charge in [-0.3, -0.25) is 4.98 Å². The average molecular weight is 258 g/mol. The van der Waals surface area contributed by atoms with Gasteiger partial charge in [-0.05, 0) is 32.4 Å². The van der Waals surface area contributed by atoms with Gasteiger partial charge in [-0.1, -0.05) is 0 Å². The number of aryl methyl sites for hydroxylation is 1. The van der Waals surface area contributed by atoms with Gasteiger partial charge in [0.1, 0.15) is 0 Å². The second-order valence-electron chi connectivity index (χ2n) is 4.18. The van der Waals surface area contributed by atoms with Gasteiger partial charge in [-0.25, -0.2) is 0 Å². The Bertz CT molecular complexity index is 565. The van der Waals surface area contributed by atoms with Crippen LogP contribution in [0.4, 0.5) is 11.9 Å². The first kappa shape index (κ1) is 13.2. The molecule has 0 bridgehead atoms. The first-order chi connectivity index (χ1) is 9.15. The van der Waals surface area contributed by atoms with Crippen LogP contribution < -0.4 is 10.6 Å². The third-order valence-electron chi connectivity index (χ3n) is 2.95. The first-order valence-electron chi connectivity index (χ1n) is 6.33. The summed E-state index contributed by atoms with van der Waals surface area (Å²) in [6, 6.07) is 1.89. The molecule has 19 heavy (non-hydrogen) atoms. The van der Waals surface area contributed by atoms with Crippen LogP contribution in [0.3, 0.4) is 0 Å². The number of anilines is 2. The molecule has 0 spiro atoms. The lowest BCUT2D eigenvalue weighted by Crippen LogP contribution is -2.25. The minimum Gasteiger partial charge on any atom is -0.368 e. The molecule has 0 saturated carbocycles. The van der Waals surface area contributed by atoms with Gasteiger partial charge in [0.05, 0.1) is 0 Å². The quantitative estimate of drug-likeness (QED) is 0.898. The third-order valence-corrected chi connectivity index (χ3v) is 2.95. The average Bonchev–Trinajstić information content (AvgIpc) is 2.40. The molecule has 0 unspecified atom stereocenters. The molecular weight excluding hydrogens is 240 g/mol. The molecule has 2 heterocycles. The zero-order valence-corrected chi connectivity index (χ0v) is 11.5. The Balaban J connectivity index is 2.51. The van der Waals surface area contributed by atoms with Gasteiger partial charge in [0.15, 0.2) is 5.82 Å². The van der Waals surface area contributed by atoms with Crippen molar-refractivity contribution >= 4 is 11.9 Å². The largest absolute Gasteiger partial charge is 0.368 e. The summed E-state index contributed by atoms with van der Waals surface area (Å²) in [7, 11) is 0. The lowest BCUT2D eigenvalue weighted by atomic mass is 10.1. The number of nitrogens with two attached hydrogens (primary N) is 1. The van der Waals surface area contributed by atoms with E-state index in [-0.39, 0.29) is 5.95 Å². The second kappa shape index (κ2) is 5.60. The van der Waals surface area contributed by atoms with Crippen LogP contribution in [-0.2, 0) is 0 Å². The van der Waals surface area contributed by atoms with Crippen molar-refractivity contribution in [3.63, 3.8) is 0 Å². The molecule has 6 nitrogen and oxygen atoms in total. The highest BCUT2D eigenvalue weighted by Gasteiger charge is 2.12. The molecule has 2 aromatic heterocycles. The second-order valence-corrected chi connectivity index (χ2v) is 4.18. The fourth-order valence-corrected chi connectivity index (χ4v) is 1.87. The van der Waals surface area contributed by atoms with E-state index in [0.29, 0.717) is 11.8 Å². The van der Waals surface area contributed by atoms with E-state index in [4.69, 9.17) is 5.73 Å². The molecule has 2 rings (SSSR count). The van der Waals surface area contributed by atoms with Crippen molar-refractivity contribution in [2.75, 3.05) is 23.7 Å². The normalized spacial score (nSPS) is 10.5. The summed E-state index contributed by atoms with van der Waals surface area (Å²) >= 11 is 0. The molecule has 0 amide bonds. The lowest BCUT2D eigenvalue weighted by molar-refractivity contribution is 0.816. The molecular formula is C13H18N6. The van der Waals surface area contributed by atoms with Gasteiger partial charge in [-0.2, -0.15) is 15.0 Å². The van der Waals surface area contributed by atoms with E-state index in [0.717, 1.165) is 24.2 Å². The van der Waals surface area contributed by atoms with Crippen LogP contribution in [0.1, 0.15) is 19.4 Å². The maximum Gasteiger partial charge on any atom is 0.230 e. The van der Waals surface area contributed by atoms with E-state index in [9.17, 15) is 0 Å². The van der Waals surface area contributed by atoms with E-state index in [1.165, 1.54) is 0 Å². The van der Waals surface area contributed by atoms with Crippen LogP contribution in [-0.4, -0.2) is 33.0 Å². The first-order valence-corrected chi connectivity index (χ1v) is 6.33. The molecule has 2 aromatic rings. The van der Waals surface area contributed by atoms with Crippen LogP contribution in [0.5, 0.6) is 0 Å². The van der Waals surface area contributed by atoms with Gasteiger partial charge in [0.25, 0.3) is 0 Å². The van der Waals surface area contributed by atoms with E-state index in [2.05, 4.69) is 33.8 Å². The van der Waals surface area contributed by atoms with Crippen molar-refractivity contribution in [2.24, 2.45) is 0 Å². The van der Waals surface area contributed by atoms with E-state index < -0.39 is 0 Å². The minimum atomic E-state index is 0.239. The summed E-state index contributed by atoms with van der Waals surface area (Å²) in [5, 5.41) is 0. The van der Waals surface area contributed by atoms with E-state index in [1.54, 1.807) is 12.4 Å². The number of rotatable bonds is 4. The zero-order chi connectivity index (χ0) is 13.8. The molecule has 100 valence electrons. The molecule has 0 radical (unpaired) electrons. The fourth-order valence-electron chi connectivity index (χ4n) is 1.87. The maximum atomic E-state index is 5.79. The Morgan fingerprint density at radius 1 is 1.16 bits per heavy atom. The molecule has 0 aliphatic carbocycles. The SMILES string of the molecule is CCN(CC)c1nc(N)nc(-c2ccncc2C)n1. The van der Waals surface area contributed by atoms with Crippen molar-refractivity contribution < 1.29 is 0 Å². The Kier molecular flexibility index (Phi) is 3.89. The standard InChI is InChI=1S/C13H18N6/c1-4-19(5-2)13-17-11(16-12(14)18-13)10-6-7-15-8-9(10)3/h6-8H,4-5H2,1-3H3,(H2,14,16,17,18). The molecule has 0 atom stereocenters. The fraction of sp³-hybridized carbons (Fsp3) is 0.385. The summed E-state index contributed by atoms with van der Waals surface area (Å²) in [6.07, 6.45) is 3.51. The van der Waals surface area contributed by atoms with E-state index in [1.807, 2.05) is 17.9 Å². The highest BCUT2D eigenvalue weighted by molar-refractivity contribution is 5.61. The van der Waals surface area contributed by atoms with Crippen LogP contribution in [0.2, 0.25) is 0 Å². The molecule has 0 fully saturated rings. The van der Waals surface area contributed by atoms with Crippen molar-refractivity contribution in [3.05, 3.63) is 24.0 Å². The number of aromatic nitrogens is 4. The van der Waals surface area contributed by atoms with Crippen LogP contribution in [0, 0.1) is 6.92 Å². The maximum absolute atomic E-state index is 5.79. The monoisotopic (exact) mass is 258 g/mol. The van der Waals surface area contributed by atoms with Gasteiger partial charge >= 0.3 is 0 Å². The van der Waals surface area contributed by atoms with Gasteiger partial charge in [0, 0.05) is 31.0 Å². The lowest BCUT2D eigenvalue weighted by Gasteiger charge is -2.19. The summed E-state index contributed by atoms with van der Waals surface area (Å²) in [4.78, 5) is 19.0. The molecule has 0 saturated heterocycles. The van der Waals surface area contributed by atoms with Gasteiger partial charge in [0.2, 0.25) is 11.9 Å². The minimum absolute atomic E-state index is 0.239. The molecule has 0 aromatic carbocycles. The predicted octanol–water partition coefficient (Wildman–Crippen LogP) is 1.67. The predicted molar refractivity (Wildman–Crippen MR) is 75.8 cm³/mol. The number of pyridine rings is 1. The highest BCUT2D eigenvalue weighted by atomic mass is 15.3. The summed E-state index contributed by atoms with van der Waals surface area (Å²) < 4.78 is 0. The zero-order valence-electron chi connectivity index (χ0n) is 11.5. The number of hydrogen-bond acceptors (Lipinski definition) is 6. The Hall–Kier alpha value is -2.24. The van der Waals surface area contributed by atoms with Crippen LogP contribution >= 0.6 is 0 Å². The smallest absolute Gasteiger partial charge is 0.230 e. The molecule has 0 aliphatic heterocycles. The third kappa shape index (κ3) is 2.78. The van der Waals surface area contributed by atoms with Crippen molar-refractivity contribution in [1.29, 1.82) is 0 Å². The molecule has 0 aliphatic rings. The van der Waals surface area contributed by atoms with E-state index >= 15 is 0 Å². The summed E-state index contributed by atoms with van der Waals surface area (Å²) in [6.45, 7) is 7.74. The highest BCUT2D eigenvalue weighted by Crippen LogP contribution is 2.21. The molecule has 6 heteroatoms. The summed E-state index contributed by atoms with van der Waals surface area (Å²) in [5.74, 6) is 1.45. The van der Waals surface area contributed by atoms with Gasteiger partial charge < -0.3 is 10.6 Å².